The van der Waals surface area contributed by atoms with Gasteiger partial charge in [0.15, 0.2) is 9.84 Å². The summed E-state index contributed by atoms with van der Waals surface area (Å²) in [6, 6.07) is 13.2. The van der Waals surface area contributed by atoms with Crippen molar-refractivity contribution in [1.29, 1.82) is 0 Å². The minimum atomic E-state index is -3.05. The fourth-order valence-corrected chi connectivity index (χ4v) is 4.94. The number of rotatable bonds is 5. The Hall–Kier alpha value is -2.60. The number of aromatic amines is 1. The van der Waals surface area contributed by atoms with Crippen LogP contribution in [0.1, 0.15) is 46.1 Å². The van der Waals surface area contributed by atoms with Gasteiger partial charge in [0.25, 0.3) is 5.91 Å². The average molecular weight is 411 g/mol. The number of carbonyl (C=O) groups excluding carboxylic acids is 1. The number of H-pyrrole nitrogens is 1. The van der Waals surface area contributed by atoms with Crippen molar-refractivity contribution in [3.63, 3.8) is 0 Å². The molecule has 1 aromatic heterocycles. The van der Waals surface area contributed by atoms with Crippen molar-refractivity contribution in [3.05, 3.63) is 70.4 Å². The van der Waals surface area contributed by atoms with Gasteiger partial charge in [-0.25, -0.2) is 8.42 Å². The average Bonchev–Trinajstić information content (AvgIpc) is 3.04. The van der Waals surface area contributed by atoms with Crippen molar-refractivity contribution < 1.29 is 13.2 Å². The van der Waals surface area contributed by atoms with Gasteiger partial charge in [-0.05, 0) is 47.9 Å². The molecule has 5 nitrogen and oxygen atoms in total. The Morgan fingerprint density at radius 1 is 1.14 bits per heavy atom. The summed E-state index contributed by atoms with van der Waals surface area (Å²) in [6.45, 7) is 2.67. The van der Waals surface area contributed by atoms with Gasteiger partial charge in [-0.15, -0.1) is 0 Å². The van der Waals surface area contributed by atoms with Crippen molar-refractivity contribution in [2.24, 2.45) is 5.92 Å². The summed E-state index contributed by atoms with van der Waals surface area (Å²) in [7, 11) is -3.05. The quantitative estimate of drug-likeness (QED) is 0.672. The molecule has 3 aromatic rings. The molecule has 1 heterocycles. The van der Waals surface area contributed by atoms with Crippen molar-refractivity contribution in [2.45, 2.75) is 38.5 Å². The molecule has 2 aromatic carbocycles. The number of aromatic nitrogens is 1. The van der Waals surface area contributed by atoms with E-state index in [1.54, 1.807) is 12.1 Å². The van der Waals surface area contributed by atoms with Crippen LogP contribution in [-0.2, 0) is 35.0 Å². The van der Waals surface area contributed by atoms with Gasteiger partial charge in [0.05, 0.1) is 16.8 Å². The lowest BCUT2D eigenvalue weighted by atomic mass is 9.87. The minimum absolute atomic E-state index is 0.0255. The summed E-state index contributed by atoms with van der Waals surface area (Å²) in [4.78, 5) is 16.3. The lowest BCUT2D eigenvalue weighted by molar-refractivity contribution is 0.0952. The first-order valence-electron chi connectivity index (χ1n) is 9.96. The Morgan fingerprint density at radius 3 is 2.59 bits per heavy atom. The van der Waals surface area contributed by atoms with Crippen LogP contribution in [0.5, 0.6) is 0 Å². The molecule has 1 atom stereocenters. The SMILES string of the molecule is C[C@H]1CCc2[nH]c3c(C(=O)NCc4ccc(CS(C)(=O)=O)cc4)cccc3c2C1. The number of aryl methyl sites for hydroxylation is 1. The Labute approximate surface area is 171 Å². The summed E-state index contributed by atoms with van der Waals surface area (Å²) in [5, 5.41) is 4.14. The highest BCUT2D eigenvalue weighted by Crippen LogP contribution is 2.32. The van der Waals surface area contributed by atoms with Crippen LogP contribution in [0.4, 0.5) is 0 Å². The predicted octanol–water partition coefficient (Wildman–Crippen LogP) is 3.77. The molecule has 0 aliphatic heterocycles. The van der Waals surface area contributed by atoms with Gasteiger partial charge >= 0.3 is 0 Å². The Morgan fingerprint density at radius 2 is 1.86 bits per heavy atom. The zero-order valence-corrected chi connectivity index (χ0v) is 17.6. The maximum atomic E-state index is 12.9. The highest BCUT2D eigenvalue weighted by Gasteiger charge is 2.22. The van der Waals surface area contributed by atoms with Crippen LogP contribution in [0.3, 0.4) is 0 Å². The molecule has 0 fully saturated rings. The van der Waals surface area contributed by atoms with Crippen LogP contribution in [0.15, 0.2) is 42.5 Å². The summed E-state index contributed by atoms with van der Waals surface area (Å²) in [5.74, 6) is 0.588. The number of sulfone groups is 1. The van der Waals surface area contributed by atoms with Crippen LogP contribution in [0.25, 0.3) is 10.9 Å². The molecule has 1 aliphatic rings. The first kappa shape index (κ1) is 19.7. The van der Waals surface area contributed by atoms with Crippen molar-refractivity contribution >= 4 is 26.6 Å². The second kappa shape index (κ2) is 7.67. The number of carbonyl (C=O) groups is 1. The number of nitrogens with one attached hydrogen (secondary N) is 2. The van der Waals surface area contributed by atoms with Crippen molar-refractivity contribution in [3.8, 4) is 0 Å². The van der Waals surface area contributed by atoms with Crippen molar-refractivity contribution in [2.75, 3.05) is 6.26 Å². The molecule has 0 bridgehead atoms. The highest BCUT2D eigenvalue weighted by molar-refractivity contribution is 7.89. The molecule has 6 heteroatoms. The number of amides is 1. The number of fused-ring (bicyclic) bond motifs is 3. The first-order valence-corrected chi connectivity index (χ1v) is 12.0. The Balaban J connectivity index is 1.50. The predicted molar refractivity (Wildman–Crippen MR) is 116 cm³/mol. The van der Waals surface area contributed by atoms with Crippen LogP contribution in [-0.4, -0.2) is 25.6 Å². The van der Waals surface area contributed by atoms with E-state index in [0.717, 1.165) is 34.9 Å². The van der Waals surface area contributed by atoms with E-state index in [1.165, 1.54) is 23.9 Å². The Bertz CT molecular complexity index is 1160. The van der Waals surface area contributed by atoms with Crippen LogP contribution >= 0.6 is 0 Å². The zero-order chi connectivity index (χ0) is 20.6. The van der Waals surface area contributed by atoms with E-state index in [-0.39, 0.29) is 11.7 Å². The molecule has 1 aliphatic carbocycles. The van der Waals surface area contributed by atoms with E-state index >= 15 is 0 Å². The van der Waals surface area contributed by atoms with Gasteiger partial charge in [-0.2, -0.15) is 0 Å². The summed E-state index contributed by atoms with van der Waals surface area (Å²) in [6.07, 6.45) is 4.49. The molecular weight excluding hydrogens is 384 g/mol. The smallest absolute Gasteiger partial charge is 0.253 e. The maximum Gasteiger partial charge on any atom is 0.253 e. The van der Waals surface area contributed by atoms with Gasteiger partial charge in [-0.1, -0.05) is 43.3 Å². The normalized spacial score (nSPS) is 16.6. The molecule has 0 unspecified atom stereocenters. The second-order valence-electron chi connectivity index (χ2n) is 8.23. The third-order valence-electron chi connectivity index (χ3n) is 5.62. The second-order valence-corrected chi connectivity index (χ2v) is 10.4. The third kappa shape index (κ3) is 4.37. The number of para-hydroxylation sites is 1. The topological polar surface area (TPSA) is 79.0 Å². The summed E-state index contributed by atoms with van der Waals surface area (Å²) >= 11 is 0. The van der Waals surface area contributed by atoms with Gasteiger partial charge in [-0.3, -0.25) is 4.79 Å². The largest absolute Gasteiger partial charge is 0.358 e. The van der Waals surface area contributed by atoms with Crippen molar-refractivity contribution in [1.82, 2.24) is 10.3 Å². The van der Waals surface area contributed by atoms with Gasteiger partial charge in [0, 0.05) is 23.9 Å². The van der Waals surface area contributed by atoms with Crippen LogP contribution < -0.4 is 5.32 Å². The highest BCUT2D eigenvalue weighted by atomic mass is 32.2. The molecule has 0 saturated carbocycles. The van der Waals surface area contributed by atoms with Crippen LogP contribution in [0, 0.1) is 5.92 Å². The fraction of sp³-hybridized carbons (Fsp3) is 0.348. The molecule has 152 valence electrons. The van der Waals surface area contributed by atoms with E-state index in [0.29, 0.717) is 18.0 Å². The number of hydrogen-bond donors (Lipinski definition) is 2. The maximum absolute atomic E-state index is 12.9. The third-order valence-corrected chi connectivity index (χ3v) is 6.48. The lowest BCUT2D eigenvalue weighted by Gasteiger charge is -2.17. The monoisotopic (exact) mass is 410 g/mol. The standard InChI is InChI=1S/C23H26N2O3S/c1-15-6-11-21-20(12-15)18-4-3-5-19(22(18)25-21)23(26)24-13-16-7-9-17(10-8-16)14-29(2,27)28/h3-5,7-10,15,25H,6,11-14H2,1-2H3,(H,24,26)/t15-/m0/s1. The van der Waals surface area contributed by atoms with Gasteiger partial charge in [0.1, 0.15) is 0 Å². The van der Waals surface area contributed by atoms with E-state index < -0.39 is 9.84 Å². The molecule has 0 radical (unpaired) electrons. The molecule has 4 rings (SSSR count). The van der Waals surface area contributed by atoms with Gasteiger partial charge in [0.2, 0.25) is 0 Å². The molecule has 2 N–H and O–H groups in total. The van der Waals surface area contributed by atoms with E-state index in [1.807, 2.05) is 24.3 Å². The lowest BCUT2D eigenvalue weighted by Crippen LogP contribution is -2.23. The number of benzene rings is 2. The van der Waals surface area contributed by atoms with E-state index in [4.69, 9.17) is 0 Å². The summed E-state index contributed by atoms with van der Waals surface area (Å²) in [5.41, 5.74) is 5.89. The minimum Gasteiger partial charge on any atom is -0.358 e. The molecule has 1 amide bonds. The van der Waals surface area contributed by atoms with E-state index in [2.05, 4.69) is 23.3 Å². The van der Waals surface area contributed by atoms with Crippen LogP contribution in [0.2, 0.25) is 0 Å². The molecular formula is C23H26N2O3S. The Kier molecular flexibility index (Phi) is 5.21. The fourth-order valence-electron chi connectivity index (χ4n) is 4.14. The zero-order valence-electron chi connectivity index (χ0n) is 16.8. The summed E-state index contributed by atoms with van der Waals surface area (Å²) < 4.78 is 22.8. The van der Waals surface area contributed by atoms with Gasteiger partial charge < -0.3 is 10.3 Å². The first-order chi connectivity index (χ1) is 13.8. The van der Waals surface area contributed by atoms with E-state index in [9.17, 15) is 13.2 Å². The molecule has 29 heavy (non-hydrogen) atoms. The molecule has 0 spiro atoms. The molecule has 0 saturated heterocycles. The number of hydrogen-bond acceptors (Lipinski definition) is 3.